The van der Waals surface area contributed by atoms with Gasteiger partial charge in [-0.3, -0.25) is 9.69 Å². The molecule has 0 aliphatic carbocycles. The molecule has 1 N–H and O–H groups in total. The third-order valence-corrected chi connectivity index (χ3v) is 6.63. The highest BCUT2D eigenvalue weighted by atomic mass is 16.5. The highest BCUT2D eigenvalue weighted by Crippen LogP contribution is 2.36. The zero-order chi connectivity index (χ0) is 22.7. The number of likely N-dealkylation sites (tertiary alicyclic amines) is 1. The Morgan fingerprint density at radius 3 is 2.52 bits per heavy atom. The number of carbonyl (C=O) groups excluding carboxylic acids is 1. The Balaban J connectivity index is 1.26. The SMILES string of the molecule is N#Cc1ccccc1Oc1cccc(CN2CCC3(CC2)C(=O)NCN3c2ccccc2)c1. The quantitative estimate of drug-likeness (QED) is 0.644. The van der Waals surface area contributed by atoms with E-state index in [1.54, 1.807) is 12.1 Å². The number of nitrogens with one attached hydrogen (secondary N) is 1. The normalized spacial score (nSPS) is 17.5. The number of anilines is 1. The average molecular weight is 439 g/mol. The number of benzene rings is 3. The minimum Gasteiger partial charge on any atom is -0.456 e. The van der Waals surface area contributed by atoms with E-state index in [0.717, 1.165) is 43.7 Å². The molecular weight excluding hydrogens is 412 g/mol. The van der Waals surface area contributed by atoms with Crippen LogP contribution < -0.4 is 15.0 Å². The smallest absolute Gasteiger partial charge is 0.247 e. The monoisotopic (exact) mass is 438 g/mol. The molecule has 0 aromatic heterocycles. The second-order valence-electron chi connectivity index (χ2n) is 8.59. The van der Waals surface area contributed by atoms with Crippen LogP contribution in [0.25, 0.3) is 0 Å². The van der Waals surface area contributed by atoms with Crippen molar-refractivity contribution in [2.75, 3.05) is 24.7 Å². The van der Waals surface area contributed by atoms with Crippen molar-refractivity contribution in [2.24, 2.45) is 0 Å². The summed E-state index contributed by atoms with van der Waals surface area (Å²) in [5, 5.41) is 12.4. The zero-order valence-electron chi connectivity index (χ0n) is 18.4. The van der Waals surface area contributed by atoms with Crippen LogP contribution in [0.5, 0.6) is 11.5 Å². The number of piperidine rings is 1. The first-order valence-corrected chi connectivity index (χ1v) is 11.3. The number of amides is 1. The van der Waals surface area contributed by atoms with Gasteiger partial charge in [-0.1, -0.05) is 42.5 Å². The van der Waals surface area contributed by atoms with E-state index in [4.69, 9.17) is 4.74 Å². The first-order chi connectivity index (χ1) is 16.2. The van der Waals surface area contributed by atoms with Gasteiger partial charge in [0.1, 0.15) is 23.1 Å². The van der Waals surface area contributed by atoms with Crippen LogP contribution in [0.15, 0.2) is 78.9 Å². The van der Waals surface area contributed by atoms with E-state index in [-0.39, 0.29) is 5.91 Å². The van der Waals surface area contributed by atoms with Gasteiger partial charge in [-0.25, -0.2) is 0 Å². The topological polar surface area (TPSA) is 68.6 Å². The Hall–Kier alpha value is -3.82. The van der Waals surface area contributed by atoms with Gasteiger partial charge in [-0.2, -0.15) is 5.26 Å². The Morgan fingerprint density at radius 1 is 0.970 bits per heavy atom. The van der Waals surface area contributed by atoms with Crippen molar-refractivity contribution >= 4 is 11.6 Å². The maximum absolute atomic E-state index is 12.9. The van der Waals surface area contributed by atoms with Gasteiger partial charge in [0.05, 0.1) is 12.2 Å². The first-order valence-electron chi connectivity index (χ1n) is 11.3. The molecule has 0 bridgehead atoms. The summed E-state index contributed by atoms with van der Waals surface area (Å²) in [5.41, 5.74) is 2.28. The average Bonchev–Trinajstić information content (AvgIpc) is 3.17. The van der Waals surface area contributed by atoms with Crippen molar-refractivity contribution in [3.8, 4) is 17.6 Å². The van der Waals surface area contributed by atoms with E-state index in [9.17, 15) is 10.1 Å². The van der Waals surface area contributed by atoms with E-state index in [1.165, 1.54) is 0 Å². The van der Waals surface area contributed by atoms with Crippen molar-refractivity contribution in [3.63, 3.8) is 0 Å². The molecule has 6 nitrogen and oxygen atoms in total. The predicted molar refractivity (Wildman–Crippen MR) is 127 cm³/mol. The third kappa shape index (κ3) is 4.15. The second-order valence-corrected chi connectivity index (χ2v) is 8.59. The molecular formula is C27H26N4O2. The number of para-hydroxylation sites is 2. The molecule has 33 heavy (non-hydrogen) atoms. The molecule has 0 atom stereocenters. The molecule has 0 saturated carbocycles. The molecule has 1 amide bonds. The van der Waals surface area contributed by atoms with Crippen LogP contribution in [0, 0.1) is 11.3 Å². The van der Waals surface area contributed by atoms with Crippen molar-refractivity contribution in [3.05, 3.63) is 90.0 Å². The summed E-state index contributed by atoms with van der Waals surface area (Å²) >= 11 is 0. The lowest BCUT2D eigenvalue weighted by Crippen LogP contribution is -2.56. The molecule has 2 aliphatic rings. The van der Waals surface area contributed by atoms with Crippen LogP contribution >= 0.6 is 0 Å². The van der Waals surface area contributed by atoms with Crippen molar-refractivity contribution in [2.45, 2.75) is 24.9 Å². The maximum atomic E-state index is 12.9. The third-order valence-electron chi connectivity index (χ3n) is 6.63. The molecule has 0 unspecified atom stereocenters. The summed E-state index contributed by atoms with van der Waals surface area (Å²) in [6, 6.07) is 27.6. The molecule has 2 saturated heterocycles. The minimum atomic E-state index is -0.468. The molecule has 2 heterocycles. The van der Waals surface area contributed by atoms with Crippen LogP contribution in [0.2, 0.25) is 0 Å². The number of hydrogen-bond acceptors (Lipinski definition) is 5. The van der Waals surface area contributed by atoms with E-state index in [2.05, 4.69) is 39.4 Å². The summed E-state index contributed by atoms with van der Waals surface area (Å²) in [6.45, 7) is 3.05. The van der Waals surface area contributed by atoms with Gasteiger partial charge in [-0.15, -0.1) is 0 Å². The van der Waals surface area contributed by atoms with Crippen LogP contribution in [0.4, 0.5) is 5.69 Å². The van der Waals surface area contributed by atoms with Gasteiger partial charge in [0.2, 0.25) is 5.91 Å². The van der Waals surface area contributed by atoms with Gasteiger partial charge >= 0.3 is 0 Å². The Kier molecular flexibility index (Phi) is 5.72. The standard InChI is InChI=1S/C27H26N4O2/c28-18-22-8-4-5-12-25(22)33-24-11-6-7-21(17-24)19-30-15-13-27(14-16-30)26(32)29-20-31(27)23-9-2-1-3-10-23/h1-12,17H,13-16,19-20H2,(H,29,32). The Morgan fingerprint density at radius 2 is 1.73 bits per heavy atom. The minimum absolute atomic E-state index is 0.137. The molecule has 166 valence electrons. The fourth-order valence-corrected chi connectivity index (χ4v) is 4.85. The number of nitriles is 1. The van der Waals surface area contributed by atoms with Crippen molar-refractivity contribution < 1.29 is 9.53 Å². The predicted octanol–water partition coefficient (Wildman–Crippen LogP) is 4.28. The van der Waals surface area contributed by atoms with Crippen molar-refractivity contribution in [1.82, 2.24) is 10.2 Å². The van der Waals surface area contributed by atoms with Crippen LogP contribution in [0.1, 0.15) is 24.0 Å². The molecule has 6 heteroatoms. The van der Waals surface area contributed by atoms with E-state index in [1.807, 2.05) is 48.5 Å². The first kappa shape index (κ1) is 21.0. The number of ether oxygens (including phenoxy) is 1. The fourth-order valence-electron chi connectivity index (χ4n) is 4.85. The summed E-state index contributed by atoms with van der Waals surface area (Å²) < 4.78 is 5.98. The molecule has 3 aromatic carbocycles. The molecule has 0 radical (unpaired) electrons. The molecule has 2 fully saturated rings. The highest BCUT2D eigenvalue weighted by Gasteiger charge is 2.50. The lowest BCUT2D eigenvalue weighted by Gasteiger charge is -2.43. The van der Waals surface area contributed by atoms with Gasteiger partial charge in [0, 0.05) is 25.3 Å². The van der Waals surface area contributed by atoms with Gasteiger partial charge in [0.25, 0.3) is 0 Å². The number of rotatable bonds is 5. The largest absolute Gasteiger partial charge is 0.456 e. The van der Waals surface area contributed by atoms with Crippen LogP contribution in [-0.2, 0) is 11.3 Å². The molecule has 3 aromatic rings. The highest BCUT2D eigenvalue weighted by molar-refractivity contribution is 5.93. The Bertz CT molecular complexity index is 1180. The summed E-state index contributed by atoms with van der Waals surface area (Å²) in [4.78, 5) is 17.5. The maximum Gasteiger partial charge on any atom is 0.247 e. The van der Waals surface area contributed by atoms with Gasteiger partial charge in [0.15, 0.2) is 0 Å². The lowest BCUT2D eigenvalue weighted by atomic mass is 9.85. The van der Waals surface area contributed by atoms with E-state index < -0.39 is 5.54 Å². The zero-order valence-corrected chi connectivity index (χ0v) is 18.4. The number of hydrogen-bond donors (Lipinski definition) is 1. The summed E-state index contributed by atoms with van der Waals surface area (Å²) in [7, 11) is 0. The lowest BCUT2D eigenvalue weighted by molar-refractivity contribution is -0.125. The van der Waals surface area contributed by atoms with E-state index >= 15 is 0 Å². The number of nitrogens with zero attached hydrogens (tertiary/aromatic N) is 3. The van der Waals surface area contributed by atoms with Gasteiger partial charge < -0.3 is 15.0 Å². The van der Waals surface area contributed by atoms with Gasteiger partial charge in [-0.05, 0) is 54.8 Å². The van der Waals surface area contributed by atoms with Crippen LogP contribution in [0.3, 0.4) is 0 Å². The Labute approximate surface area is 194 Å². The summed E-state index contributed by atoms with van der Waals surface area (Å²) in [6.07, 6.45) is 1.58. The molecule has 1 spiro atoms. The second kappa shape index (κ2) is 8.97. The van der Waals surface area contributed by atoms with Crippen LogP contribution in [-0.4, -0.2) is 36.1 Å². The van der Waals surface area contributed by atoms with E-state index in [0.29, 0.717) is 23.7 Å². The number of carbonyl (C=O) groups is 1. The molecule has 2 aliphatic heterocycles. The summed E-state index contributed by atoms with van der Waals surface area (Å²) in [5.74, 6) is 1.41. The molecule has 5 rings (SSSR count). The fraction of sp³-hybridized carbons (Fsp3) is 0.259. The van der Waals surface area contributed by atoms with Crippen molar-refractivity contribution in [1.29, 1.82) is 5.26 Å².